The summed E-state index contributed by atoms with van der Waals surface area (Å²) >= 11 is 0. The number of benzene rings is 2. The SMILES string of the molecule is CC(C)(C)[C@@H](O)C(=O)N1CCN(c2nc(-c3ccccc3O)nc3ccc(F)cc23)CC1. The van der Waals surface area contributed by atoms with Crippen molar-refractivity contribution in [3.8, 4) is 17.1 Å². The van der Waals surface area contributed by atoms with Gasteiger partial charge in [-0.1, -0.05) is 32.9 Å². The highest BCUT2D eigenvalue weighted by Crippen LogP contribution is 2.32. The van der Waals surface area contributed by atoms with E-state index in [1.165, 1.54) is 12.1 Å². The van der Waals surface area contributed by atoms with Gasteiger partial charge in [-0.3, -0.25) is 4.79 Å². The Morgan fingerprint density at radius 3 is 2.41 bits per heavy atom. The van der Waals surface area contributed by atoms with Gasteiger partial charge in [0.15, 0.2) is 5.82 Å². The Kier molecular flexibility index (Phi) is 5.73. The van der Waals surface area contributed by atoms with E-state index in [4.69, 9.17) is 0 Å². The number of hydrogen-bond donors (Lipinski definition) is 2. The highest BCUT2D eigenvalue weighted by Gasteiger charge is 2.34. The van der Waals surface area contributed by atoms with Crippen molar-refractivity contribution in [3.05, 3.63) is 48.3 Å². The number of hydrogen-bond acceptors (Lipinski definition) is 6. The normalized spacial score (nSPS) is 15.8. The number of carbonyl (C=O) groups excluding carboxylic acids is 1. The van der Waals surface area contributed by atoms with Gasteiger partial charge in [-0.05, 0) is 35.7 Å². The van der Waals surface area contributed by atoms with Crippen LogP contribution in [0.4, 0.5) is 10.2 Å². The summed E-state index contributed by atoms with van der Waals surface area (Å²) in [5.74, 6) is 0.284. The Balaban J connectivity index is 1.66. The molecular formula is C24H27FN4O3. The Hall–Kier alpha value is -3.26. The third kappa shape index (κ3) is 4.23. The Labute approximate surface area is 186 Å². The Morgan fingerprint density at radius 2 is 1.75 bits per heavy atom. The third-order valence-corrected chi connectivity index (χ3v) is 5.73. The summed E-state index contributed by atoms with van der Waals surface area (Å²) in [6.07, 6.45) is -1.07. The van der Waals surface area contributed by atoms with Crippen molar-refractivity contribution in [2.24, 2.45) is 5.41 Å². The molecule has 2 N–H and O–H groups in total. The zero-order valence-electron chi connectivity index (χ0n) is 18.4. The topological polar surface area (TPSA) is 89.8 Å². The Morgan fingerprint density at radius 1 is 1.06 bits per heavy atom. The van der Waals surface area contributed by atoms with Gasteiger partial charge in [-0.2, -0.15) is 0 Å². The molecule has 2 heterocycles. The molecule has 3 aromatic rings. The molecule has 0 saturated carbocycles. The van der Waals surface area contributed by atoms with Gasteiger partial charge in [0.25, 0.3) is 5.91 Å². The standard InChI is InChI=1S/C24H27FN4O3/c1-24(2,3)20(31)23(32)29-12-10-28(11-13-29)22-17-14-15(25)8-9-18(17)26-21(27-22)16-6-4-5-7-19(16)30/h4-9,14,20,30-31H,10-13H2,1-3H3/t20-/m0/s1. The number of para-hydroxylation sites is 1. The molecular weight excluding hydrogens is 411 g/mol. The van der Waals surface area contributed by atoms with Crippen LogP contribution in [-0.2, 0) is 4.79 Å². The van der Waals surface area contributed by atoms with Crippen molar-refractivity contribution >= 4 is 22.6 Å². The van der Waals surface area contributed by atoms with Crippen LogP contribution in [0.1, 0.15) is 20.8 Å². The summed E-state index contributed by atoms with van der Waals surface area (Å²) in [4.78, 5) is 25.5. The molecule has 0 unspecified atom stereocenters. The molecule has 1 atom stereocenters. The number of fused-ring (bicyclic) bond motifs is 1. The average molecular weight is 439 g/mol. The minimum Gasteiger partial charge on any atom is -0.507 e. The number of aromatic nitrogens is 2. The van der Waals surface area contributed by atoms with Gasteiger partial charge < -0.3 is 20.0 Å². The molecule has 7 nitrogen and oxygen atoms in total. The lowest BCUT2D eigenvalue weighted by Crippen LogP contribution is -2.53. The second-order valence-corrected chi connectivity index (χ2v) is 9.13. The van der Waals surface area contributed by atoms with Crippen LogP contribution < -0.4 is 4.90 Å². The maximum absolute atomic E-state index is 14.0. The fourth-order valence-electron chi connectivity index (χ4n) is 3.79. The summed E-state index contributed by atoms with van der Waals surface area (Å²) in [5, 5.41) is 21.2. The van der Waals surface area contributed by atoms with Crippen LogP contribution in [0.5, 0.6) is 5.75 Å². The zero-order valence-corrected chi connectivity index (χ0v) is 18.4. The van der Waals surface area contributed by atoms with Gasteiger partial charge in [0.2, 0.25) is 0 Å². The van der Waals surface area contributed by atoms with Gasteiger partial charge in [0.05, 0.1) is 11.1 Å². The predicted octanol–water partition coefficient (Wildman–Crippen LogP) is 3.20. The van der Waals surface area contributed by atoms with Gasteiger partial charge in [-0.15, -0.1) is 0 Å². The van der Waals surface area contributed by atoms with Crippen molar-refractivity contribution in [1.82, 2.24) is 14.9 Å². The molecule has 1 amide bonds. The summed E-state index contributed by atoms with van der Waals surface area (Å²) < 4.78 is 14.0. The number of phenols is 1. The molecule has 0 radical (unpaired) electrons. The number of aliphatic hydroxyl groups is 1. The van der Waals surface area contributed by atoms with E-state index in [9.17, 15) is 19.4 Å². The molecule has 0 aliphatic carbocycles. The molecule has 32 heavy (non-hydrogen) atoms. The fraction of sp³-hybridized carbons (Fsp3) is 0.375. The third-order valence-electron chi connectivity index (χ3n) is 5.73. The monoisotopic (exact) mass is 438 g/mol. The summed E-state index contributed by atoms with van der Waals surface area (Å²) in [5.41, 5.74) is 0.514. The van der Waals surface area contributed by atoms with E-state index in [0.717, 1.165) is 0 Å². The van der Waals surface area contributed by atoms with Crippen LogP contribution in [0.15, 0.2) is 42.5 Å². The number of phenolic OH excluding ortho intramolecular Hbond substituents is 1. The first-order chi connectivity index (χ1) is 15.1. The van der Waals surface area contributed by atoms with Crippen LogP contribution >= 0.6 is 0 Å². The second-order valence-electron chi connectivity index (χ2n) is 9.13. The highest BCUT2D eigenvalue weighted by atomic mass is 19.1. The minimum atomic E-state index is -1.07. The average Bonchev–Trinajstić information content (AvgIpc) is 2.77. The fourth-order valence-corrected chi connectivity index (χ4v) is 3.79. The number of aliphatic hydroxyl groups excluding tert-OH is 1. The lowest BCUT2D eigenvalue weighted by atomic mass is 9.88. The smallest absolute Gasteiger partial charge is 0.252 e. The van der Waals surface area contributed by atoms with Crippen LogP contribution in [0.25, 0.3) is 22.3 Å². The number of piperazine rings is 1. The maximum atomic E-state index is 14.0. The van der Waals surface area contributed by atoms with Gasteiger partial charge >= 0.3 is 0 Å². The number of amides is 1. The maximum Gasteiger partial charge on any atom is 0.252 e. The van der Waals surface area contributed by atoms with E-state index in [1.807, 2.05) is 25.7 Å². The number of aromatic hydroxyl groups is 1. The molecule has 1 aliphatic rings. The molecule has 1 saturated heterocycles. The largest absolute Gasteiger partial charge is 0.507 e. The first-order valence-electron chi connectivity index (χ1n) is 10.6. The van der Waals surface area contributed by atoms with E-state index >= 15 is 0 Å². The second kappa shape index (κ2) is 8.35. The number of nitrogens with zero attached hydrogens (tertiary/aromatic N) is 4. The van der Waals surface area contributed by atoms with Crippen molar-refractivity contribution in [2.45, 2.75) is 26.9 Å². The van der Waals surface area contributed by atoms with Gasteiger partial charge in [0, 0.05) is 31.6 Å². The molecule has 0 spiro atoms. The first-order valence-corrected chi connectivity index (χ1v) is 10.6. The first kappa shape index (κ1) is 22.0. The summed E-state index contributed by atoms with van der Waals surface area (Å²) in [7, 11) is 0. The van der Waals surface area contributed by atoms with E-state index in [0.29, 0.717) is 54.3 Å². The van der Waals surface area contributed by atoms with Crippen molar-refractivity contribution in [3.63, 3.8) is 0 Å². The van der Waals surface area contributed by atoms with Gasteiger partial charge in [0.1, 0.15) is 23.5 Å². The quantitative estimate of drug-likeness (QED) is 0.653. The molecule has 0 bridgehead atoms. The zero-order chi connectivity index (χ0) is 23.0. The molecule has 1 aromatic heterocycles. The van der Waals surface area contributed by atoms with Gasteiger partial charge in [-0.25, -0.2) is 14.4 Å². The molecule has 8 heteroatoms. The van der Waals surface area contributed by atoms with Crippen LogP contribution in [0, 0.1) is 11.2 Å². The Bertz CT molecular complexity index is 1150. The number of rotatable bonds is 3. The van der Waals surface area contributed by atoms with Crippen molar-refractivity contribution < 1.29 is 19.4 Å². The summed E-state index contributed by atoms with van der Waals surface area (Å²) in [6, 6.07) is 11.2. The highest BCUT2D eigenvalue weighted by molar-refractivity contribution is 5.91. The predicted molar refractivity (Wildman–Crippen MR) is 121 cm³/mol. The summed E-state index contributed by atoms with van der Waals surface area (Å²) in [6.45, 7) is 7.27. The van der Waals surface area contributed by atoms with Crippen LogP contribution in [0.2, 0.25) is 0 Å². The lowest BCUT2D eigenvalue weighted by molar-refractivity contribution is -0.146. The van der Waals surface area contributed by atoms with E-state index < -0.39 is 11.5 Å². The number of halogens is 1. The van der Waals surface area contributed by atoms with Crippen LogP contribution in [-0.4, -0.2) is 63.3 Å². The number of anilines is 1. The number of carbonyl (C=O) groups is 1. The van der Waals surface area contributed by atoms with E-state index in [2.05, 4.69) is 9.97 Å². The molecule has 1 aliphatic heterocycles. The van der Waals surface area contributed by atoms with Crippen molar-refractivity contribution in [2.75, 3.05) is 31.1 Å². The molecule has 1 fully saturated rings. The molecule has 168 valence electrons. The van der Waals surface area contributed by atoms with Crippen molar-refractivity contribution in [1.29, 1.82) is 0 Å². The van der Waals surface area contributed by atoms with E-state index in [1.54, 1.807) is 35.2 Å². The molecule has 2 aromatic carbocycles. The molecule has 4 rings (SSSR count). The van der Waals surface area contributed by atoms with Crippen LogP contribution in [0.3, 0.4) is 0 Å². The lowest BCUT2D eigenvalue weighted by Gasteiger charge is -2.38. The minimum absolute atomic E-state index is 0.0616. The van der Waals surface area contributed by atoms with E-state index in [-0.39, 0.29) is 17.5 Å².